The van der Waals surface area contributed by atoms with Crippen molar-refractivity contribution in [2.24, 2.45) is 0 Å². The highest BCUT2D eigenvalue weighted by atomic mass is 16.3. The van der Waals surface area contributed by atoms with E-state index in [1.54, 1.807) is 0 Å². The first-order valence-electron chi connectivity index (χ1n) is 5.39. The summed E-state index contributed by atoms with van der Waals surface area (Å²) in [6.45, 7) is 0. The zero-order valence-electron chi connectivity index (χ0n) is 7.95. The SMILES string of the molecule is OC1CCCC1N[C@@H]1CCC[C@H]1O. The van der Waals surface area contributed by atoms with Gasteiger partial charge in [0.15, 0.2) is 0 Å². The Hall–Kier alpha value is -0.120. The van der Waals surface area contributed by atoms with Crippen LogP contribution in [0.2, 0.25) is 0 Å². The molecule has 2 rings (SSSR count). The number of nitrogens with one attached hydrogen (secondary N) is 1. The number of aliphatic hydroxyl groups excluding tert-OH is 2. The number of rotatable bonds is 2. The van der Waals surface area contributed by atoms with Crippen LogP contribution in [0.3, 0.4) is 0 Å². The molecule has 2 unspecified atom stereocenters. The third kappa shape index (κ3) is 2.03. The number of aliphatic hydroxyl groups is 2. The minimum absolute atomic E-state index is 0.187. The minimum Gasteiger partial charge on any atom is -0.392 e. The second kappa shape index (κ2) is 3.95. The van der Waals surface area contributed by atoms with Crippen molar-refractivity contribution < 1.29 is 10.2 Å². The summed E-state index contributed by atoms with van der Waals surface area (Å²) < 4.78 is 0. The van der Waals surface area contributed by atoms with Crippen molar-refractivity contribution in [1.82, 2.24) is 5.32 Å². The van der Waals surface area contributed by atoms with Crippen molar-refractivity contribution in [3.63, 3.8) is 0 Å². The molecule has 0 aromatic carbocycles. The fourth-order valence-corrected chi connectivity index (χ4v) is 2.54. The van der Waals surface area contributed by atoms with E-state index in [1.165, 1.54) is 0 Å². The van der Waals surface area contributed by atoms with Gasteiger partial charge in [-0.1, -0.05) is 0 Å². The Bertz CT molecular complexity index is 156. The standard InChI is InChI=1S/C10H19NO2/c12-9-5-1-3-7(9)11-8-4-2-6-10(8)13/h7-13H,1-6H2/t7-,8?,9-,10?/m1/s1. The van der Waals surface area contributed by atoms with Gasteiger partial charge in [-0.25, -0.2) is 0 Å². The van der Waals surface area contributed by atoms with Crippen LogP contribution in [0.4, 0.5) is 0 Å². The van der Waals surface area contributed by atoms with Gasteiger partial charge in [0.05, 0.1) is 12.2 Å². The Morgan fingerprint density at radius 1 is 0.769 bits per heavy atom. The molecular formula is C10H19NO2. The maximum absolute atomic E-state index is 9.59. The van der Waals surface area contributed by atoms with Gasteiger partial charge in [-0.05, 0) is 38.5 Å². The quantitative estimate of drug-likeness (QED) is 0.584. The largest absolute Gasteiger partial charge is 0.392 e. The first-order valence-corrected chi connectivity index (χ1v) is 5.39. The van der Waals surface area contributed by atoms with Crippen LogP contribution < -0.4 is 5.32 Å². The summed E-state index contributed by atoms with van der Waals surface area (Å²) in [5, 5.41) is 22.6. The van der Waals surface area contributed by atoms with E-state index < -0.39 is 0 Å². The lowest BCUT2D eigenvalue weighted by Crippen LogP contribution is -2.45. The molecule has 2 fully saturated rings. The van der Waals surface area contributed by atoms with Crippen molar-refractivity contribution in [3.8, 4) is 0 Å². The predicted octanol–water partition coefficient (Wildman–Crippen LogP) is 0.403. The molecule has 0 saturated heterocycles. The summed E-state index contributed by atoms with van der Waals surface area (Å²) in [5.74, 6) is 0. The number of hydrogen-bond acceptors (Lipinski definition) is 3. The van der Waals surface area contributed by atoms with E-state index in [9.17, 15) is 10.2 Å². The Kier molecular flexibility index (Phi) is 2.86. The molecule has 0 aromatic rings. The van der Waals surface area contributed by atoms with E-state index in [1.807, 2.05) is 0 Å². The fraction of sp³-hybridized carbons (Fsp3) is 1.00. The second-order valence-corrected chi connectivity index (χ2v) is 4.38. The average Bonchev–Trinajstić information content (AvgIpc) is 2.65. The molecule has 2 aliphatic carbocycles. The molecule has 3 N–H and O–H groups in total. The molecular weight excluding hydrogens is 166 g/mol. The zero-order chi connectivity index (χ0) is 9.26. The van der Waals surface area contributed by atoms with Crippen LogP contribution in [0, 0.1) is 0 Å². The Balaban J connectivity index is 1.82. The smallest absolute Gasteiger partial charge is 0.0693 e. The van der Waals surface area contributed by atoms with Crippen molar-refractivity contribution in [3.05, 3.63) is 0 Å². The summed E-state index contributed by atoms with van der Waals surface area (Å²) >= 11 is 0. The Morgan fingerprint density at radius 2 is 1.23 bits per heavy atom. The van der Waals surface area contributed by atoms with E-state index in [0.717, 1.165) is 38.5 Å². The molecule has 4 atom stereocenters. The van der Waals surface area contributed by atoms with Crippen LogP contribution >= 0.6 is 0 Å². The van der Waals surface area contributed by atoms with Crippen LogP contribution in [0.1, 0.15) is 38.5 Å². The van der Waals surface area contributed by atoms with Gasteiger partial charge in [0.25, 0.3) is 0 Å². The van der Waals surface area contributed by atoms with Gasteiger partial charge in [0, 0.05) is 12.1 Å². The van der Waals surface area contributed by atoms with E-state index in [0.29, 0.717) is 0 Å². The summed E-state index contributed by atoms with van der Waals surface area (Å²) in [5.41, 5.74) is 0. The zero-order valence-corrected chi connectivity index (χ0v) is 7.95. The van der Waals surface area contributed by atoms with E-state index >= 15 is 0 Å². The molecule has 0 aromatic heterocycles. The lowest BCUT2D eigenvalue weighted by molar-refractivity contribution is 0.108. The highest BCUT2D eigenvalue weighted by molar-refractivity contribution is 4.90. The van der Waals surface area contributed by atoms with Crippen LogP contribution in [-0.2, 0) is 0 Å². The molecule has 2 saturated carbocycles. The van der Waals surface area contributed by atoms with Crippen molar-refractivity contribution in [2.45, 2.75) is 62.8 Å². The summed E-state index contributed by atoms with van der Waals surface area (Å²) in [6, 6.07) is 0.468. The first kappa shape index (κ1) is 9.44. The average molecular weight is 185 g/mol. The molecule has 2 aliphatic rings. The highest BCUT2D eigenvalue weighted by Gasteiger charge is 2.31. The first-order chi connectivity index (χ1) is 6.27. The van der Waals surface area contributed by atoms with Gasteiger partial charge >= 0.3 is 0 Å². The van der Waals surface area contributed by atoms with Gasteiger partial charge in [-0.3, -0.25) is 0 Å². The highest BCUT2D eigenvalue weighted by Crippen LogP contribution is 2.24. The van der Waals surface area contributed by atoms with Crippen molar-refractivity contribution in [2.75, 3.05) is 0 Å². The topological polar surface area (TPSA) is 52.5 Å². The van der Waals surface area contributed by atoms with Crippen molar-refractivity contribution in [1.29, 1.82) is 0 Å². The van der Waals surface area contributed by atoms with Gasteiger partial charge in [0.1, 0.15) is 0 Å². The van der Waals surface area contributed by atoms with E-state index in [4.69, 9.17) is 0 Å². The summed E-state index contributed by atoms with van der Waals surface area (Å²) in [4.78, 5) is 0. The molecule has 3 heteroatoms. The van der Waals surface area contributed by atoms with Crippen molar-refractivity contribution >= 4 is 0 Å². The molecule has 0 heterocycles. The minimum atomic E-state index is -0.187. The second-order valence-electron chi connectivity index (χ2n) is 4.38. The Labute approximate surface area is 79.2 Å². The normalized spacial score (nSPS) is 45.7. The number of hydrogen-bond donors (Lipinski definition) is 3. The predicted molar refractivity (Wildman–Crippen MR) is 50.4 cm³/mol. The lowest BCUT2D eigenvalue weighted by Gasteiger charge is -2.23. The van der Waals surface area contributed by atoms with E-state index in [2.05, 4.69) is 5.32 Å². The van der Waals surface area contributed by atoms with Crippen LogP contribution in [0.25, 0.3) is 0 Å². The van der Waals surface area contributed by atoms with Gasteiger partial charge in [-0.15, -0.1) is 0 Å². The molecule has 0 spiro atoms. The maximum Gasteiger partial charge on any atom is 0.0693 e. The Morgan fingerprint density at radius 3 is 1.54 bits per heavy atom. The molecule has 3 nitrogen and oxygen atoms in total. The van der Waals surface area contributed by atoms with Gasteiger partial charge in [0.2, 0.25) is 0 Å². The van der Waals surface area contributed by atoms with Crippen LogP contribution in [0.15, 0.2) is 0 Å². The summed E-state index contributed by atoms with van der Waals surface area (Å²) in [7, 11) is 0. The summed E-state index contributed by atoms with van der Waals surface area (Å²) in [6.07, 6.45) is 5.81. The molecule has 0 radical (unpaired) electrons. The molecule has 0 aliphatic heterocycles. The molecule has 0 amide bonds. The van der Waals surface area contributed by atoms with Gasteiger partial charge in [-0.2, -0.15) is 0 Å². The monoisotopic (exact) mass is 185 g/mol. The lowest BCUT2D eigenvalue weighted by atomic mass is 10.1. The van der Waals surface area contributed by atoms with E-state index in [-0.39, 0.29) is 24.3 Å². The third-order valence-corrected chi connectivity index (χ3v) is 3.39. The van der Waals surface area contributed by atoms with Crippen LogP contribution in [-0.4, -0.2) is 34.5 Å². The molecule has 0 bridgehead atoms. The fourth-order valence-electron chi connectivity index (χ4n) is 2.54. The van der Waals surface area contributed by atoms with Crippen LogP contribution in [0.5, 0.6) is 0 Å². The maximum atomic E-state index is 9.59. The van der Waals surface area contributed by atoms with Gasteiger partial charge < -0.3 is 15.5 Å². The molecule has 76 valence electrons. The molecule has 13 heavy (non-hydrogen) atoms. The third-order valence-electron chi connectivity index (χ3n) is 3.39.